The van der Waals surface area contributed by atoms with Crippen LogP contribution in [0, 0.1) is 0 Å². The third kappa shape index (κ3) is 9.48. The van der Waals surface area contributed by atoms with E-state index in [4.69, 9.17) is 24.7 Å². The zero-order valence-electron chi connectivity index (χ0n) is 23.8. The first kappa shape index (κ1) is 33.6. The summed E-state index contributed by atoms with van der Waals surface area (Å²) in [6.07, 6.45) is 0.0978. The Morgan fingerprint density at radius 1 is 1.27 bits per heavy atom. The van der Waals surface area contributed by atoms with Crippen LogP contribution in [0.25, 0.3) is 0 Å². The minimum atomic E-state index is -3.83. The van der Waals surface area contributed by atoms with Gasteiger partial charge >= 0.3 is 17.6 Å². The number of rotatable bonds is 16. The first-order valence-electron chi connectivity index (χ1n) is 13.4. The molecule has 40 heavy (non-hydrogen) atoms. The average Bonchev–Trinajstić information content (AvgIpc) is 3.22. The van der Waals surface area contributed by atoms with Crippen molar-refractivity contribution in [1.29, 1.82) is 0 Å². The number of aliphatic hydroxyl groups is 1. The van der Waals surface area contributed by atoms with Crippen LogP contribution in [0.3, 0.4) is 0 Å². The lowest BCUT2D eigenvalue weighted by Crippen LogP contribution is -2.37. The number of nitrogens with zero attached hydrogens (tertiary/aromatic N) is 3. The Labute approximate surface area is 234 Å². The second kappa shape index (κ2) is 16.0. The first-order valence-corrected chi connectivity index (χ1v) is 15.3. The molecular weight excluding hydrogens is 545 g/mol. The number of carbonyl (C=O) groups is 2. The molecule has 0 aromatic carbocycles. The highest BCUT2D eigenvalue weighted by Gasteiger charge is 2.46. The van der Waals surface area contributed by atoms with Crippen LogP contribution >= 0.6 is 7.44 Å². The number of anilines is 1. The molecule has 2 heterocycles. The molecule has 14 nitrogen and oxygen atoms in total. The van der Waals surface area contributed by atoms with Crippen LogP contribution in [0.5, 0.6) is 0 Å². The number of aliphatic hydroxyl groups excluding tert-OH is 1. The zero-order chi connectivity index (χ0) is 29.9. The molecule has 0 radical (unpaired) electrons. The minimum absolute atomic E-state index is 0.0157. The zero-order valence-corrected chi connectivity index (χ0v) is 24.7. The van der Waals surface area contributed by atoms with E-state index in [-0.39, 0.29) is 37.3 Å². The third-order valence-electron chi connectivity index (χ3n) is 6.26. The fraction of sp³-hybridized carbons (Fsp3) is 0.720. The second-order valence-electron chi connectivity index (χ2n) is 9.56. The predicted octanol–water partition coefficient (Wildman–Crippen LogP) is 1.81. The maximum atomic E-state index is 14.0. The molecule has 226 valence electrons. The van der Waals surface area contributed by atoms with Gasteiger partial charge in [-0.2, -0.15) is 4.98 Å². The van der Waals surface area contributed by atoms with Gasteiger partial charge in [-0.3, -0.25) is 13.9 Å². The molecule has 2 rings (SSSR count). The van der Waals surface area contributed by atoms with E-state index >= 15 is 0 Å². The molecule has 1 aliphatic rings. The maximum Gasteiger partial charge on any atom is 0.352 e. The predicted molar refractivity (Wildman–Crippen MR) is 148 cm³/mol. The van der Waals surface area contributed by atoms with Gasteiger partial charge in [0.2, 0.25) is 0 Å². The van der Waals surface area contributed by atoms with Crippen molar-refractivity contribution in [2.75, 3.05) is 32.2 Å². The van der Waals surface area contributed by atoms with Crippen LogP contribution in [-0.4, -0.2) is 83.1 Å². The van der Waals surface area contributed by atoms with E-state index in [9.17, 15) is 24.1 Å². The Morgan fingerprint density at radius 3 is 2.52 bits per heavy atom. The number of unbranched alkanes of at least 4 members (excludes halogenated alkanes) is 2. The number of ether oxygens (including phenoxy) is 4. The number of nitrogens with two attached hydrogens (primary N) is 1. The summed E-state index contributed by atoms with van der Waals surface area (Å²) in [6, 6.07) is 0.413. The van der Waals surface area contributed by atoms with Gasteiger partial charge in [0.15, 0.2) is 6.23 Å². The second-order valence-corrected chi connectivity index (χ2v) is 11.9. The van der Waals surface area contributed by atoms with Crippen molar-refractivity contribution in [2.24, 2.45) is 4.76 Å². The number of aromatic nitrogens is 2. The summed E-state index contributed by atoms with van der Waals surface area (Å²) in [5, 5.41) is 13.6. The highest BCUT2D eigenvalue weighted by Crippen LogP contribution is 2.46. The average molecular weight is 588 g/mol. The van der Waals surface area contributed by atoms with E-state index in [1.165, 1.54) is 33.2 Å². The molecule has 1 aromatic rings. The Hall–Kier alpha value is -2.64. The topological polar surface area (TPSA) is 194 Å². The monoisotopic (exact) mass is 587 g/mol. The lowest BCUT2D eigenvalue weighted by molar-refractivity contribution is -0.145. The Balaban J connectivity index is 2.24. The van der Waals surface area contributed by atoms with Gasteiger partial charge in [0, 0.05) is 19.5 Å². The smallest absolute Gasteiger partial charge is 0.352 e. The molecular formula is C25H42N5O9P. The van der Waals surface area contributed by atoms with Crippen LogP contribution in [0.4, 0.5) is 5.82 Å². The van der Waals surface area contributed by atoms with Gasteiger partial charge in [-0.15, -0.1) is 0 Å². The van der Waals surface area contributed by atoms with Crippen LogP contribution in [-0.2, 0) is 33.1 Å². The van der Waals surface area contributed by atoms with Crippen molar-refractivity contribution in [3.63, 3.8) is 0 Å². The molecule has 0 bridgehead atoms. The van der Waals surface area contributed by atoms with Gasteiger partial charge in [-0.25, -0.2) is 19.4 Å². The molecule has 0 saturated carbocycles. The summed E-state index contributed by atoms with van der Waals surface area (Å²) in [5.74, 6) is -1.31. The van der Waals surface area contributed by atoms with Gasteiger partial charge in [-0.1, -0.05) is 26.7 Å². The van der Waals surface area contributed by atoms with Crippen molar-refractivity contribution in [2.45, 2.75) is 90.4 Å². The third-order valence-corrected chi connectivity index (χ3v) is 8.53. The fourth-order valence-electron chi connectivity index (χ4n) is 4.00. The Bertz CT molecular complexity index is 1130. The van der Waals surface area contributed by atoms with E-state index in [1.54, 1.807) is 0 Å². The van der Waals surface area contributed by atoms with Gasteiger partial charge in [0.25, 0.3) is 7.44 Å². The maximum absolute atomic E-state index is 14.0. The molecule has 1 saturated heterocycles. The number of nitrogen functional groups attached to an aromatic ring is 1. The van der Waals surface area contributed by atoms with Gasteiger partial charge in [0.1, 0.15) is 29.8 Å². The van der Waals surface area contributed by atoms with Crippen molar-refractivity contribution in [1.82, 2.24) is 14.6 Å². The van der Waals surface area contributed by atoms with E-state index in [1.807, 2.05) is 13.8 Å². The van der Waals surface area contributed by atoms with E-state index in [2.05, 4.69) is 14.8 Å². The molecule has 1 fully saturated rings. The molecule has 0 spiro atoms. The SMILES string of the molecule is CCCCOC(=O)C(C)=NP(=O)(CC[C@H]1O[C@@H](n2ccc(N)nc2=O)[C@H](OC)[C@@H]1O)N[C@@H](C)C(=O)OCCCC. The van der Waals surface area contributed by atoms with Crippen molar-refractivity contribution < 1.29 is 38.2 Å². The number of carbonyl (C=O) groups excluding carboxylic acids is 2. The van der Waals surface area contributed by atoms with E-state index < -0.39 is 55.7 Å². The number of esters is 2. The summed E-state index contributed by atoms with van der Waals surface area (Å²) < 4.78 is 41.0. The highest BCUT2D eigenvalue weighted by atomic mass is 31.2. The number of hydrogen-bond acceptors (Lipinski definition) is 11. The Kier molecular flexibility index (Phi) is 13.4. The number of nitrogens with one attached hydrogen (secondary N) is 1. The molecule has 15 heteroatoms. The van der Waals surface area contributed by atoms with Crippen molar-refractivity contribution in [3.05, 3.63) is 22.7 Å². The summed E-state index contributed by atoms with van der Waals surface area (Å²) in [4.78, 5) is 40.9. The van der Waals surface area contributed by atoms with Crippen LogP contribution in [0.2, 0.25) is 0 Å². The van der Waals surface area contributed by atoms with Crippen molar-refractivity contribution >= 4 is 30.9 Å². The van der Waals surface area contributed by atoms with Gasteiger partial charge < -0.3 is 29.8 Å². The lowest BCUT2D eigenvalue weighted by atomic mass is 10.1. The number of hydrogen-bond donors (Lipinski definition) is 3. The standard InChI is InChI=1S/C25H42N5O9P/c1-6-8-13-37-23(32)16(3)28-40(35,29-17(4)24(33)38-14-9-7-2)15-11-18-20(31)21(36-5)22(39-18)30-12-10-19(26)27-25(30)34/h10,12,16,18,20-22,31H,6-9,11,13-15H2,1-5H3,(H,28,35)(H2,26,27,34)/t16-,18+,20+,21+,22+,40?/m0/s1. The largest absolute Gasteiger partial charge is 0.465 e. The van der Waals surface area contributed by atoms with Crippen LogP contribution in [0.1, 0.15) is 66.0 Å². The van der Waals surface area contributed by atoms with E-state index in [0.29, 0.717) is 12.8 Å². The van der Waals surface area contributed by atoms with Crippen LogP contribution in [0.15, 0.2) is 21.8 Å². The summed E-state index contributed by atoms with van der Waals surface area (Å²) in [5.41, 5.74) is 4.75. The molecule has 6 atom stereocenters. The van der Waals surface area contributed by atoms with E-state index in [0.717, 1.165) is 17.4 Å². The highest BCUT2D eigenvalue weighted by molar-refractivity contribution is 7.60. The Morgan fingerprint density at radius 2 is 1.93 bits per heavy atom. The van der Waals surface area contributed by atoms with Crippen LogP contribution < -0.4 is 16.5 Å². The molecule has 4 N–H and O–H groups in total. The molecule has 0 aliphatic carbocycles. The van der Waals surface area contributed by atoms with Gasteiger partial charge in [0.05, 0.1) is 19.3 Å². The molecule has 0 amide bonds. The summed E-state index contributed by atoms with van der Waals surface area (Å²) in [6.45, 7) is 7.20. The van der Waals surface area contributed by atoms with Crippen molar-refractivity contribution in [3.8, 4) is 0 Å². The fourth-order valence-corrected chi connectivity index (χ4v) is 6.16. The minimum Gasteiger partial charge on any atom is -0.465 e. The first-order chi connectivity index (χ1) is 19.0. The molecule has 1 aliphatic heterocycles. The quantitative estimate of drug-likeness (QED) is 0.110. The lowest BCUT2D eigenvalue weighted by Gasteiger charge is -2.22. The molecule has 1 unspecified atom stereocenters. The summed E-state index contributed by atoms with van der Waals surface area (Å²) in [7, 11) is -2.47. The van der Waals surface area contributed by atoms with Gasteiger partial charge in [-0.05, 0) is 39.2 Å². The number of methoxy groups -OCH3 is 1. The normalized spacial score (nSPS) is 23.4. The molecule has 1 aromatic heterocycles. The summed E-state index contributed by atoms with van der Waals surface area (Å²) >= 11 is 0.